The molecule has 1 rings (SSSR count). The molecule has 3 unspecified atom stereocenters. The molecule has 3 nitrogen and oxygen atoms in total. The fourth-order valence-corrected chi connectivity index (χ4v) is 2.67. The first kappa shape index (κ1) is 12.1. The fourth-order valence-electron chi connectivity index (χ4n) is 1.85. The van der Waals surface area contributed by atoms with Crippen LogP contribution >= 0.6 is 0 Å². The Morgan fingerprint density at radius 2 is 2.36 bits per heavy atom. The van der Waals surface area contributed by atoms with Gasteiger partial charge in [-0.25, -0.2) is 0 Å². The van der Waals surface area contributed by atoms with Crippen molar-refractivity contribution in [3.63, 3.8) is 0 Å². The first-order valence-electron chi connectivity index (χ1n) is 5.45. The summed E-state index contributed by atoms with van der Waals surface area (Å²) in [4.78, 5) is 0. The Morgan fingerprint density at radius 3 is 2.93 bits per heavy atom. The van der Waals surface area contributed by atoms with Crippen LogP contribution in [0.3, 0.4) is 0 Å². The minimum Gasteiger partial charge on any atom is -0.313 e. The van der Waals surface area contributed by atoms with E-state index in [4.69, 9.17) is 0 Å². The average Bonchev–Trinajstić information content (AvgIpc) is 2.15. The molecule has 84 valence electrons. The molecule has 1 fully saturated rings. The van der Waals surface area contributed by atoms with Crippen LogP contribution in [-0.4, -0.2) is 41.4 Å². The Hall–Kier alpha value is 0.0700. The van der Waals surface area contributed by atoms with Gasteiger partial charge < -0.3 is 10.6 Å². The lowest BCUT2D eigenvalue weighted by atomic mass is 10.1. The topological polar surface area (TPSA) is 41.1 Å². The molecule has 1 aliphatic rings. The van der Waals surface area contributed by atoms with Crippen LogP contribution < -0.4 is 10.6 Å². The van der Waals surface area contributed by atoms with Gasteiger partial charge in [0.05, 0.1) is 0 Å². The standard InChI is InChI=1S/C10H22N2OS/c1-9(8-14(2)13)12-7-10-5-3-4-6-11-10/h9-12H,3-8H2,1-2H3. The molecule has 0 aromatic rings. The SMILES string of the molecule is CC(CS(C)=O)NCC1CCCCN1. The van der Waals surface area contributed by atoms with Gasteiger partial charge in [0.15, 0.2) is 0 Å². The molecule has 0 aromatic heterocycles. The van der Waals surface area contributed by atoms with Crippen LogP contribution in [0.25, 0.3) is 0 Å². The molecule has 0 bridgehead atoms. The molecule has 0 saturated carbocycles. The lowest BCUT2D eigenvalue weighted by Crippen LogP contribution is -2.45. The van der Waals surface area contributed by atoms with Gasteiger partial charge in [0.2, 0.25) is 0 Å². The maximum Gasteiger partial charge on any atom is 0.0383 e. The summed E-state index contributed by atoms with van der Waals surface area (Å²) >= 11 is 0. The van der Waals surface area contributed by atoms with Crippen LogP contribution in [0.2, 0.25) is 0 Å². The van der Waals surface area contributed by atoms with Crippen LogP contribution in [-0.2, 0) is 10.8 Å². The van der Waals surface area contributed by atoms with Crippen molar-refractivity contribution in [3.05, 3.63) is 0 Å². The van der Waals surface area contributed by atoms with E-state index in [9.17, 15) is 4.21 Å². The van der Waals surface area contributed by atoms with Gasteiger partial charge in [0.1, 0.15) is 0 Å². The van der Waals surface area contributed by atoms with Crippen molar-refractivity contribution in [2.45, 2.75) is 38.3 Å². The molecule has 1 aliphatic heterocycles. The summed E-state index contributed by atoms with van der Waals surface area (Å²) in [5.74, 6) is 0.757. The highest BCUT2D eigenvalue weighted by molar-refractivity contribution is 7.84. The highest BCUT2D eigenvalue weighted by Gasteiger charge is 2.13. The predicted octanol–water partition coefficient (Wildman–Crippen LogP) is 0.485. The van der Waals surface area contributed by atoms with E-state index in [1.165, 1.54) is 19.3 Å². The van der Waals surface area contributed by atoms with Crippen molar-refractivity contribution < 1.29 is 4.21 Å². The number of hydrogen-bond donors (Lipinski definition) is 2. The zero-order valence-electron chi connectivity index (χ0n) is 9.21. The summed E-state index contributed by atoms with van der Waals surface area (Å²) in [5.41, 5.74) is 0. The molecule has 0 aliphatic carbocycles. The third kappa shape index (κ3) is 5.08. The van der Waals surface area contributed by atoms with E-state index >= 15 is 0 Å². The lowest BCUT2D eigenvalue weighted by Gasteiger charge is -2.25. The Balaban J connectivity index is 2.09. The van der Waals surface area contributed by atoms with E-state index in [0.29, 0.717) is 12.1 Å². The minimum absolute atomic E-state index is 0.365. The van der Waals surface area contributed by atoms with Crippen molar-refractivity contribution in [1.29, 1.82) is 0 Å². The summed E-state index contributed by atoms with van der Waals surface area (Å²) in [5, 5.41) is 6.92. The average molecular weight is 218 g/mol. The van der Waals surface area contributed by atoms with E-state index in [-0.39, 0.29) is 0 Å². The van der Waals surface area contributed by atoms with Crippen molar-refractivity contribution in [2.24, 2.45) is 0 Å². The maximum atomic E-state index is 11.0. The Bertz CT molecular complexity index is 181. The summed E-state index contributed by atoms with van der Waals surface area (Å²) in [7, 11) is -0.685. The molecule has 4 heteroatoms. The Kier molecular flexibility index (Phi) is 5.67. The van der Waals surface area contributed by atoms with Gasteiger partial charge in [-0.2, -0.15) is 0 Å². The third-order valence-corrected chi connectivity index (χ3v) is 3.58. The van der Waals surface area contributed by atoms with Crippen LogP contribution in [0.4, 0.5) is 0 Å². The third-order valence-electron chi connectivity index (χ3n) is 2.61. The summed E-state index contributed by atoms with van der Waals surface area (Å²) < 4.78 is 11.0. The number of nitrogens with one attached hydrogen (secondary N) is 2. The van der Waals surface area contributed by atoms with Crippen LogP contribution in [0.1, 0.15) is 26.2 Å². The Morgan fingerprint density at radius 1 is 1.57 bits per heavy atom. The maximum absolute atomic E-state index is 11.0. The predicted molar refractivity (Wildman–Crippen MR) is 62.0 cm³/mol. The molecule has 0 aromatic carbocycles. The van der Waals surface area contributed by atoms with Crippen LogP contribution in [0, 0.1) is 0 Å². The molecular weight excluding hydrogens is 196 g/mol. The molecule has 14 heavy (non-hydrogen) atoms. The molecular formula is C10H22N2OS. The van der Waals surface area contributed by atoms with Crippen LogP contribution in [0.5, 0.6) is 0 Å². The molecule has 0 amide bonds. The zero-order chi connectivity index (χ0) is 10.4. The number of piperidine rings is 1. The molecule has 1 heterocycles. The number of rotatable bonds is 5. The summed E-state index contributed by atoms with van der Waals surface area (Å²) in [6, 6.07) is 0.987. The monoisotopic (exact) mass is 218 g/mol. The largest absolute Gasteiger partial charge is 0.313 e. The number of hydrogen-bond acceptors (Lipinski definition) is 3. The highest BCUT2D eigenvalue weighted by atomic mass is 32.2. The van der Waals surface area contributed by atoms with Gasteiger partial charge in [-0.05, 0) is 26.3 Å². The van der Waals surface area contributed by atoms with Crippen molar-refractivity contribution in [3.8, 4) is 0 Å². The van der Waals surface area contributed by atoms with E-state index < -0.39 is 10.8 Å². The highest BCUT2D eigenvalue weighted by Crippen LogP contribution is 2.05. The van der Waals surface area contributed by atoms with Crippen LogP contribution in [0.15, 0.2) is 0 Å². The first-order chi connectivity index (χ1) is 6.68. The van der Waals surface area contributed by atoms with Gasteiger partial charge in [0, 0.05) is 41.4 Å². The second kappa shape index (κ2) is 6.53. The molecule has 3 atom stereocenters. The van der Waals surface area contributed by atoms with Crippen molar-refractivity contribution in [2.75, 3.05) is 25.1 Å². The lowest BCUT2D eigenvalue weighted by molar-refractivity contribution is 0.374. The first-order valence-corrected chi connectivity index (χ1v) is 7.18. The molecule has 1 saturated heterocycles. The minimum atomic E-state index is -0.685. The molecule has 0 spiro atoms. The van der Waals surface area contributed by atoms with Gasteiger partial charge in [-0.3, -0.25) is 4.21 Å². The summed E-state index contributed by atoms with van der Waals surface area (Å²) in [6.45, 7) is 4.27. The van der Waals surface area contributed by atoms with E-state index in [1.807, 2.05) is 0 Å². The second-order valence-electron chi connectivity index (χ2n) is 4.20. The summed E-state index contributed by atoms with van der Waals surface area (Å²) in [6.07, 6.45) is 5.68. The van der Waals surface area contributed by atoms with Crippen molar-refractivity contribution in [1.82, 2.24) is 10.6 Å². The Labute approximate surface area is 89.5 Å². The smallest absolute Gasteiger partial charge is 0.0383 e. The van der Waals surface area contributed by atoms with Crippen molar-refractivity contribution >= 4 is 10.8 Å². The van der Waals surface area contributed by atoms with Gasteiger partial charge in [0.25, 0.3) is 0 Å². The van der Waals surface area contributed by atoms with Gasteiger partial charge in [-0.15, -0.1) is 0 Å². The normalized spacial score (nSPS) is 27.1. The zero-order valence-corrected chi connectivity index (χ0v) is 10.0. The quantitative estimate of drug-likeness (QED) is 0.705. The van der Waals surface area contributed by atoms with E-state index in [0.717, 1.165) is 18.8 Å². The molecule has 2 N–H and O–H groups in total. The van der Waals surface area contributed by atoms with E-state index in [2.05, 4.69) is 17.6 Å². The molecule has 0 radical (unpaired) electrons. The van der Waals surface area contributed by atoms with E-state index in [1.54, 1.807) is 6.26 Å². The van der Waals surface area contributed by atoms with Gasteiger partial charge >= 0.3 is 0 Å². The second-order valence-corrected chi connectivity index (χ2v) is 5.68. The fraction of sp³-hybridized carbons (Fsp3) is 1.00. The van der Waals surface area contributed by atoms with Gasteiger partial charge in [-0.1, -0.05) is 6.42 Å².